The van der Waals surface area contributed by atoms with E-state index in [9.17, 15) is 0 Å². The molecule has 3 heterocycles. The lowest BCUT2D eigenvalue weighted by molar-refractivity contribution is 0.358. The van der Waals surface area contributed by atoms with Gasteiger partial charge in [0.05, 0.1) is 11.7 Å². The van der Waals surface area contributed by atoms with Gasteiger partial charge in [-0.15, -0.1) is 0 Å². The van der Waals surface area contributed by atoms with Crippen LogP contribution >= 0.6 is 0 Å². The summed E-state index contributed by atoms with van der Waals surface area (Å²) in [5, 5.41) is 11.2. The normalized spacial score (nSPS) is 20.6. The molecule has 1 fully saturated rings. The van der Waals surface area contributed by atoms with Crippen LogP contribution in [0.1, 0.15) is 36.8 Å². The first kappa shape index (κ1) is 10.5. The summed E-state index contributed by atoms with van der Waals surface area (Å²) < 4.78 is 10.3. The molecule has 0 aliphatic carbocycles. The quantitative estimate of drug-likeness (QED) is 0.854. The van der Waals surface area contributed by atoms with Gasteiger partial charge < -0.3 is 14.4 Å². The molecule has 0 aromatic carbocycles. The maximum atomic E-state index is 5.18. The highest BCUT2D eigenvalue weighted by Crippen LogP contribution is 2.24. The lowest BCUT2D eigenvalue weighted by atomic mass is 10.0. The predicted molar refractivity (Wildman–Crippen MR) is 59.1 cm³/mol. The fourth-order valence-electron chi connectivity index (χ4n) is 2.01. The van der Waals surface area contributed by atoms with Crippen LogP contribution < -0.4 is 5.32 Å². The van der Waals surface area contributed by atoms with Crippen LogP contribution in [0.25, 0.3) is 11.7 Å². The minimum Gasteiger partial charge on any atom is -0.351 e. The molecule has 2 aromatic rings. The Morgan fingerprint density at radius 2 is 2.24 bits per heavy atom. The third kappa shape index (κ3) is 2.08. The lowest BCUT2D eigenvalue weighted by Crippen LogP contribution is -2.27. The van der Waals surface area contributed by atoms with Crippen molar-refractivity contribution in [3.63, 3.8) is 0 Å². The van der Waals surface area contributed by atoms with Crippen molar-refractivity contribution in [1.82, 2.24) is 20.6 Å². The monoisotopic (exact) mass is 234 g/mol. The van der Waals surface area contributed by atoms with E-state index in [1.807, 2.05) is 6.92 Å². The molecule has 0 saturated carbocycles. The van der Waals surface area contributed by atoms with Gasteiger partial charge in [-0.1, -0.05) is 16.7 Å². The molecule has 1 atom stereocenters. The summed E-state index contributed by atoms with van der Waals surface area (Å²) in [6.07, 6.45) is 3.46. The van der Waals surface area contributed by atoms with Gasteiger partial charge >= 0.3 is 0 Å². The van der Waals surface area contributed by atoms with E-state index in [-0.39, 0.29) is 6.04 Å². The molecular formula is C11H14N4O2. The van der Waals surface area contributed by atoms with Gasteiger partial charge in [-0.25, -0.2) is 0 Å². The van der Waals surface area contributed by atoms with Crippen molar-refractivity contribution in [2.24, 2.45) is 0 Å². The second-order valence-electron chi connectivity index (χ2n) is 4.29. The molecule has 6 nitrogen and oxygen atoms in total. The molecule has 0 bridgehead atoms. The highest BCUT2D eigenvalue weighted by atomic mass is 16.5. The largest absolute Gasteiger partial charge is 0.351 e. The first-order valence-electron chi connectivity index (χ1n) is 5.83. The van der Waals surface area contributed by atoms with Gasteiger partial charge in [0.15, 0.2) is 5.82 Å². The van der Waals surface area contributed by atoms with Gasteiger partial charge in [0.2, 0.25) is 5.76 Å². The fourth-order valence-corrected chi connectivity index (χ4v) is 2.01. The average Bonchev–Trinajstić information content (AvgIpc) is 2.98. The third-order valence-corrected chi connectivity index (χ3v) is 2.90. The number of hydrogen-bond donors (Lipinski definition) is 1. The van der Waals surface area contributed by atoms with Crippen LogP contribution in [0.5, 0.6) is 0 Å². The third-order valence-electron chi connectivity index (χ3n) is 2.90. The zero-order valence-corrected chi connectivity index (χ0v) is 9.64. The Labute approximate surface area is 98.4 Å². The Kier molecular flexibility index (Phi) is 2.64. The van der Waals surface area contributed by atoms with Crippen molar-refractivity contribution in [2.75, 3.05) is 6.54 Å². The number of aromatic nitrogens is 3. The smallest absolute Gasteiger partial charge is 0.296 e. The van der Waals surface area contributed by atoms with E-state index in [0.29, 0.717) is 17.5 Å². The molecule has 0 amide bonds. The van der Waals surface area contributed by atoms with Crippen LogP contribution in [0, 0.1) is 6.92 Å². The summed E-state index contributed by atoms with van der Waals surface area (Å²) in [4.78, 5) is 4.34. The molecule has 1 aliphatic heterocycles. The Hall–Kier alpha value is -1.69. The van der Waals surface area contributed by atoms with Gasteiger partial charge in [0, 0.05) is 6.07 Å². The van der Waals surface area contributed by atoms with Crippen LogP contribution in [0.15, 0.2) is 15.1 Å². The SMILES string of the molecule is Cc1cc(-c2nc(C3CCCCN3)no2)on1. The maximum Gasteiger partial charge on any atom is 0.296 e. The minimum absolute atomic E-state index is 0.199. The first-order valence-corrected chi connectivity index (χ1v) is 5.83. The molecule has 1 saturated heterocycles. The second kappa shape index (κ2) is 4.29. The van der Waals surface area contributed by atoms with Crippen LogP contribution in [0.3, 0.4) is 0 Å². The van der Waals surface area contributed by atoms with Crippen molar-refractivity contribution in [3.8, 4) is 11.7 Å². The van der Waals surface area contributed by atoms with Gasteiger partial charge in [-0.3, -0.25) is 0 Å². The van der Waals surface area contributed by atoms with E-state index in [2.05, 4.69) is 20.6 Å². The minimum atomic E-state index is 0.199. The summed E-state index contributed by atoms with van der Waals surface area (Å²) in [7, 11) is 0. The molecule has 6 heteroatoms. The van der Waals surface area contributed by atoms with E-state index in [0.717, 1.165) is 18.7 Å². The van der Waals surface area contributed by atoms with Crippen molar-refractivity contribution in [3.05, 3.63) is 17.6 Å². The van der Waals surface area contributed by atoms with Crippen molar-refractivity contribution >= 4 is 0 Å². The van der Waals surface area contributed by atoms with Gasteiger partial charge in [0.25, 0.3) is 5.89 Å². The fraction of sp³-hybridized carbons (Fsp3) is 0.545. The van der Waals surface area contributed by atoms with E-state index in [1.54, 1.807) is 6.07 Å². The highest BCUT2D eigenvalue weighted by Gasteiger charge is 2.21. The molecule has 0 radical (unpaired) electrons. The van der Waals surface area contributed by atoms with Gasteiger partial charge in [-0.2, -0.15) is 4.98 Å². The van der Waals surface area contributed by atoms with Crippen LogP contribution in [-0.4, -0.2) is 21.8 Å². The van der Waals surface area contributed by atoms with Crippen molar-refractivity contribution in [1.29, 1.82) is 0 Å². The summed E-state index contributed by atoms with van der Waals surface area (Å²) in [5.41, 5.74) is 0.801. The zero-order chi connectivity index (χ0) is 11.7. The van der Waals surface area contributed by atoms with Crippen LogP contribution in [0.2, 0.25) is 0 Å². The van der Waals surface area contributed by atoms with Crippen molar-refractivity contribution in [2.45, 2.75) is 32.2 Å². The van der Waals surface area contributed by atoms with E-state index in [4.69, 9.17) is 9.05 Å². The highest BCUT2D eigenvalue weighted by molar-refractivity contribution is 5.43. The Balaban J connectivity index is 1.82. The van der Waals surface area contributed by atoms with E-state index < -0.39 is 0 Å². The number of piperidine rings is 1. The number of rotatable bonds is 2. The summed E-state index contributed by atoms with van der Waals surface area (Å²) in [5.74, 6) is 1.62. The Morgan fingerprint density at radius 3 is 2.94 bits per heavy atom. The number of nitrogens with zero attached hydrogens (tertiary/aromatic N) is 3. The second-order valence-corrected chi connectivity index (χ2v) is 4.29. The number of hydrogen-bond acceptors (Lipinski definition) is 6. The molecule has 3 rings (SSSR count). The standard InChI is InChI=1S/C11H14N4O2/c1-7-6-9(16-14-7)11-13-10(15-17-11)8-4-2-3-5-12-8/h6,8,12H,2-5H2,1H3. The average molecular weight is 234 g/mol. The molecule has 17 heavy (non-hydrogen) atoms. The van der Waals surface area contributed by atoms with Crippen LogP contribution in [0.4, 0.5) is 0 Å². The Morgan fingerprint density at radius 1 is 1.29 bits per heavy atom. The zero-order valence-electron chi connectivity index (χ0n) is 9.64. The molecular weight excluding hydrogens is 220 g/mol. The Bertz CT molecular complexity index is 499. The molecule has 2 aromatic heterocycles. The molecule has 1 aliphatic rings. The summed E-state index contributed by atoms with van der Waals surface area (Å²) in [6, 6.07) is 1.98. The van der Waals surface area contributed by atoms with Crippen LogP contribution in [-0.2, 0) is 0 Å². The number of aryl methyl sites for hydroxylation is 1. The molecule has 1 N–H and O–H groups in total. The van der Waals surface area contributed by atoms with E-state index >= 15 is 0 Å². The topological polar surface area (TPSA) is 77.0 Å². The summed E-state index contributed by atoms with van der Waals surface area (Å²) in [6.45, 7) is 2.86. The first-order chi connectivity index (χ1) is 8.33. The van der Waals surface area contributed by atoms with Gasteiger partial charge in [-0.05, 0) is 26.3 Å². The van der Waals surface area contributed by atoms with Crippen molar-refractivity contribution < 1.29 is 9.05 Å². The molecule has 90 valence electrons. The summed E-state index contributed by atoms with van der Waals surface area (Å²) >= 11 is 0. The molecule has 1 unspecified atom stereocenters. The number of nitrogens with one attached hydrogen (secondary N) is 1. The predicted octanol–water partition coefficient (Wildman–Crippen LogP) is 1.85. The molecule has 0 spiro atoms. The van der Waals surface area contributed by atoms with Gasteiger partial charge in [0.1, 0.15) is 0 Å². The van der Waals surface area contributed by atoms with E-state index in [1.165, 1.54) is 12.8 Å². The lowest BCUT2D eigenvalue weighted by Gasteiger charge is -2.19. The maximum absolute atomic E-state index is 5.18.